The molecule has 106 valence electrons. The molecule has 1 aliphatic heterocycles. The SMILES string of the molecule is CCCN1CCOC(C(N)c2ccc(F)c(C)c2)C1. The summed E-state index contributed by atoms with van der Waals surface area (Å²) in [7, 11) is 0. The van der Waals surface area contributed by atoms with Crippen LogP contribution in [0.15, 0.2) is 18.2 Å². The van der Waals surface area contributed by atoms with Crippen molar-refractivity contribution in [2.45, 2.75) is 32.4 Å². The Kier molecular flexibility index (Phi) is 4.91. The topological polar surface area (TPSA) is 38.5 Å². The number of aryl methyl sites for hydroxylation is 1. The molecule has 1 aromatic carbocycles. The number of rotatable bonds is 4. The van der Waals surface area contributed by atoms with E-state index in [4.69, 9.17) is 10.5 Å². The van der Waals surface area contributed by atoms with Crippen LogP contribution in [-0.2, 0) is 4.74 Å². The molecule has 2 atom stereocenters. The molecule has 1 heterocycles. The van der Waals surface area contributed by atoms with E-state index in [0.29, 0.717) is 5.56 Å². The zero-order valence-corrected chi connectivity index (χ0v) is 11.7. The van der Waals surface area contributed by atoms with Gasteiger partial charge in [0, 0.05) is 13.1 Å². The van der Waals surface area contributed by atoms with Crippen molar-refractivity contribution in [2.75, 3.05) is 26.2 Å². The fraction of sp³-hybridized carbons (Fsp3) is 0.600. The smallest absolute Gasteiger partial charge is 0.126 e. The fourth-order valence-electron chi connectivity index (χ4n) is 2.56. The van der Waals surface area contributed by atoms with E-state index < -0.39 is 0 Å². The lowest BCUT2D eigenvalue weighted by Gasteiger charge is -2.35. The second-order valence-electron chi connectivity index (χ2n) is 5.24. The highest BCUT2D eigenvalue weighted by Gasteiger charge is 2.26. The normalized spacial score (nSPS) is 22.4. The lowest BCUT2D eigenvalue weighted by Crippen LogP contribution is -2.47. The van der Waals surface area contributed by atoms with Crippen LogP contribution in [0.1, 0.15) is 30.5 Å². The van der Waals surface area contributed by atoms with Gasteiger partial charge in [0.2, 0.25) is 0 Å². The van der Waals surface area contributed by atoms with E-state index in [2.05, 4.69) is 11.8 Å². The van der Waals surface area contributed by atoms with E-state index in [1.165, 1.54) is 6.07 Å². The number of benzene rings is 1. The number of nitrogens with two attached hydrogens (primary N) is 1. The molecule has 1 fully saturated rings. The van der Waals surface area contributed by atoms with Crippen molar-refractivity contribution < 1.29 is 9.13 Å². The molecule has 0 bridgehead atoms. The van der Waals surface area contributed by atoms with Gasteiger partial charge in [-0.2, -0.15) is 0 Å². The third-order valence-corrected chi connectivity index (χ3v) is 3.68. The maximum atomic E-state index is 13.3. The van der Waals surface area contributed by atoms with Gasteiger partial charge in [-0.05, 0) is 37.1 Å². The second kappa shape index (κ2) is 6.46. The average molecular weight is 266 g/mol. The molecule has 3 nitrogen and oxygen atoms in total. The molecule has 0 radical (unpaired) electrons. The zero-order valence-electron chi connectivity index (χ0n) is 11.7. The second-order valence-corrected chi connectivity index (χ2v) is 5.24. The third kappa shape index (κ3) is 3.53. The minimum atomic E-state index is -0.195. The average Bonchev–Trinajstić information content (AvgIpc) is 2.42. The summed E-state index contributed by atoms with van der Waals surface area (Å²) in [6, 6.07) is 4.87. The summed E-state index contributed by atoms with van der Waals surface area (Å²) < 4.78 is 19.1. The van der Waals surface area contributed by atoms with E-state index >= 15 is 0 Å². The molecular formula is C15H23FN2O. The Hall–Kier alpha value is -0.970. The van der Waals surface area contributed by atoms with Gasteiger partial charge in [0.1, 0.15) is 5.82 Å². The van der Waals surface area contributed by atoms with Gasteiger partial charge in [-0.15, -0.1) is 0 Å². The molecule has 0 spiro atoms. The fourth-order valence-corrected chi connectivity index (χ4v) is 2.56. The van der Waals surface area contributed by atoms with Crippen molar-refractivity contribution in [3.63, 3.8) is 0 Å². The number of morpholine rings is 1. The van der Waals surface area contributed by atoms with Crippen molar-refractivity contribution in [2.24, 2.45) is 5.73 Å². The van der Waals surface area contributed by atoms with Gasteiger partial charge >= 0.3 is 0 Å². The van der Waals surface area contributed by atoms with Crippen LogP contribution in [-0.4, -0.2) is 37.2 Å². The van der Waals surface area contributed by atoms with Gasteiger partial charge in [0.05, 0.1) is 18.8 Å². The van der Waals surface area contributed by atoms with E-state index in [9.17, 15) is 4.39 Å². The van der Waals surface area contributed by atoms with Crippen molar-refractivity contribution >= 4 is 0 Å². The minimum Gasteiger partial charge on any atom is -0.374 e. The Labute approximate surface area is 114 Å². The lowest BCUT2D eigenvalue weighted by molar-refractivity contribution is -0.0408. The molecular weight excluding hydrogens is 243 g/mol. The molecule has 2 rings (SSSR count). The van der Waals surface area contributed by atoms with Crippen LogP contribution in [0.2, 0.25) is 0 Å². The first-order chi connectivity index (χ1) is 9.11. The molecule has 0 amide bonds. The van der Waals surface area contributed by atoms with Crippen molar-refractivity contribution in [1.29, 1.82) is 0 Å². The number of hydrogen-bond donors (Lipinski definition) is 1. The van der Waals surface area contributed by atoms with Crippen LogP contribution >= 0.6 is 0 Å². The van der Waals surface area contributed by atoms with E-state index in [-0.39, 0.29) is 18.0 Å². The summed E-state index contributed by atoms with van der Waals surface area (Å²) in [5.41, 5.74) is 7.85. The molecule has 0 aliphatic carbocycles. The van der Waals surface area contributed by atoms with Gasteiger partial charge < -0.3 is 10.5 Å². The first-order valence-corrected chi connectivity index (χ1v) is 6.97. The monoisotopic (exact) mass is 266 g/mol. The van der Waals surface area contributed by atoms with E-state index in [1.54, 1.807) is 13.0 Å². The number of halogens is 1. The van der Waals surface area contributed by atoms with Gasteiger partial charge in [-0.25, -0.2) is 4.39 Å². The molecule has 1 aliphatic rings. The number of ether oxygens (including phenoxy) is 1. The Balaban J connectivity index is 2.05. The third-order valence-electron chi connectivity index (χ3n) is 3.68. The van der Waals surface area contributed by atoms with Gasteiger partial charge in [-0.3, -0.25) is 4.90 Å². The highest BCUT2D eigenvalue weighted by molar-refractivity contribution is 5.27. The minimum absolute atomic E-state index is 0.00911. The summed E-state index contributed by atoms with van der Waals surface area (Å²) in [6.07, 6.45) is 1.13. The summed E-state index contributed by atoms with van der Waals surface area (Å²) in [4.78, 5) is 2.38. The Morgan fingerprint density at radius 2 is 2.32 bits per heavy atom. The lowest BCUT2D eigenvalue weighted by atomic mass is 9.99. The Morgan fingerprint density at radius 1 is 1.53 bits per heavy atom. The zero-order chi connectivity index (χ0) is 13.8. The van der Waals surface area contributed by atoms with Crippen molar-refractivity contribution in [3.05, 3.63) is 35.1 Å². The maximum Gasteiger partial charge on any atom is 0.126 e. The van der Waals surface area contributed by atoms with E-state index in [1.807, 2.05) is 6.07 Å². The summed E-state index contributed by atoms with van der Waals surface area (Å²) in [5, 5.41) is 0. The summed E-state index contributed by atoms with van der Waals surface area (Å²) in [6.45, 7) is 7.56. The largest absolute Gasteiger partial charge is 0.374 e. The van der Waals surface area contributed by atoms with Gasteiger partial charge in [0.15, 0.2) is 0 Å². The van der Waals surface area contributed by atoms with E-state index in [0.717, 1.165) is 38.2 Å². The highest BCUT2D eigenvalue weighted by atomic mass is 19.1. The molecule has 19 heavy (non-hydrogen) atoms. The van der Waals surface area contributed by atoms with Crippen LogP contribution in [0.3, 0.4) is 0 Å². The predicted molar refractivity (Wildman–Crippen MR) is 74.5 cm³/mol. The Bertz CT molecular complexity index is 423. The van der Waals surface area contributed by atoms with Crippen LogP contribution in [0.4, 0.5) is 4.39 Å². The summed E-state index contributed by atoms with van der Waals surface area (Å²) >= 11 is 0. The van der Waals surface area contributed by atoms with Crippen molar-refractivity contribution in [3.8, 4) is 0 Å². The molecule has 0 aromatic heterocycles. The van der Waals surface area contributed by atoms with Crippen LogP contribution < -0.4 is 5.73 Å². The summed E-state index contributed by atoms with van der Waals surface area (Å²) in [5.74, 6) is -0.187. The molecule has 2 unspecified atom stereocenters. The van der Waals surface area contributed by atoms with Crippen LogP contribution in [0.5, 0.6) is 0 Å². The molecule has 4 heteroatoms. The van der Waals surface area contributed by atoms with Gasteiger partial charge in [0.25, 0.3) is 0 Å². The molecule has 1 aromatic rings. The number of nitrogens with zero attached hydrogens (tertiary/aromatic N) is 1. The first-order valence-electron chi connectivity index (χ1n) is 6.97. The maximum absolute atomic E-state index is 13.3. The molecule has 2 N–H and O–H groups in total. The standard InChI is InChI=1S/C15H23FN2O/c1-3-6-18-7-8-19-14(10-18)15(17)12-4-5-13(16)11(2)9-12/h4-5,9,14-15H,3,6-8,10,17H2,1-2H3. The molecule has 0 saturated carbocycles. The predicted octanol–water partition coefficient (Wildman–Crippen LogP) is 2.24. The van der Waals surface area contributed by atoms with Crippen molar-refractivity contribution in [1.82, 2.24) is 4.90 Å². The highest BCUT2D eigenvalue weighted by Crippen LogP contribution is 2.22. The molecule has 1 saturated heterocycles. The van der Waals surface area contributed by atoms with Gasteiger partial charge in [-0.1, -0.05) is 19.1 Å². The Morgan fingerprint density at radius 3 is 3.00 bits per heavy atom. The van der Waals surface area contributed by atoms with Crippen LogP contribution in [0.25, 0.3) is 0 Å². The van der Waals surface area contributed by atoms with Crippen LogP contribution in [0, 0.1) is 12.7 Å². The quantitative estimate of drug-likeness (QED) is 0.908. The number of hydrogen-bond acceptors (Lipinski definition) is 3. The first kappa shape index (κ1) is 14.4.